The summed E-state index contributed by atoms with van der Waals surface area (Å²) in [4.78, 5) is 10.5. The third-order valence-corrected chi connectivity index (χ3v) is 1.72. The van der Waals surface area contributed by atoms with Gasteiger partial charge >= 0.3 is 5.37 Å². The van der Waals surface area contributed by atoms with E-state index in [2.05, 4.69) is 5.32 Å². The van der Waals surface area contributed by atoms with Crippen LogP contribution in [0.25, 0.3) is 0 Å². The second-order valence-corrected chi connectivity index (χ2v) is 3.06. The number of halogens is 1. The van der Waals surface area contributed by atoms with E-state index >= 15 is 0 Å². The molecule has 1 N–H and O–H groups in total. The van der Waals surface area contributed by atoms with Crippen molar-refractivity contribution in [3.05, 3.63) is 29.3 Å². The molecule has 1 aromatic rings. The summed E-state index contributed by atoms with van der Waals surface area (Å²) >= 11 is 5.19. The van der Waals surface area contributed by atoms with Crippen molar-refractivity contribution in [3.63, 3.8) is 0 Å². The molecule has 0 unspecified atom stereocenters. The number of hydrogen-bond donors (Lipinski definition) is 1. The fourth-order valence-corrected chi connectivity index (χ4v) is 1.08. The number of anilines is 1. The third-order valence-electron chi connectivity index (χ3n) is 1.63. The van der Waals surface area contributed by atoms with Crippen LogP contribution in [0.4, 0.5) is 10.5 Å². The first kappa shape index (κ1) is 9.07. The molecule has 0 heterocycles. The van der Waals surface area contributed by atoms with Crippen LogP contribution < -0.4 is 5.32 Å². The van der Waals surface area contributed by atoms with Crippen LogP contribution in [0.3, 0.4) is 0 Å². The Morgan fingerprint density at radius 1 is 1.42 bits per heavy atom. The fraction of sp³-hybridized carbons (Fsp3) is 0.222. The molecule has 0 saturated carbocycles. The normalized spacial score (nSPS) is 9.58. The highest BCUT2D eigenvalue weighted by Gasteiger charge is 2.00. The minimum Gasteiger partial charge on any atom is -0.312 e. The molecule has 0 atom stereocenters. The number of carbonyl (C=O) groups excluding carboxylic acids is 1. The van der Waals surface area contributed by atoms with Crippen LogP contribution in [0.1, 0.15) is 11.1 Å². The van der Waals surface area contributed by atoms with E-state index in [0.717, 1.165) is 16.8 Å². The van der Waals surface area contributed by atoms with Gasteiger partial charge in [0.1, 0.15) is 0 Å². The maximum Gasteiger partial charge on any atom is 0.318 e. The highest BCUT2D eigenvalue weighted by molar-refractivity contribution is 6.65. The molecule has 0 aliphatic rings. The van der Waals surface area contributed by atoms with Crippen molar-refractivity contribution in [1.82, 2.24) is 0 Å². The van der Waals surface area contributed by atoms with E-state index < -0.39 is 5.37 Å². The fourth-order valence-electron chi connectivity index (χ4n) is 0.976. The molecule has 64 valence electrons. The second kappa shape index (κ2) is 3.59. The number of aryl methyl sites for hydroxylation is 2. The monoisotopic (exact) mass is 183 g/mol. The van der Waals surface area contributed by atoms with Crippen molar-refractivity contribution in [2.75, 3.05) is 5.32 Å². The first-order chi connectivity index (χ1) is 5.59. The van der Waals surface area contributed by atoms with E-state index in [9.17, 15) is 4.79 Å². The smallest absolute Gasteiger partial charge is 0.312 e. The average Bonchev–Trinajstić information content (AvgIpc) is 1.96. The molecule has 0 radical (unpaired) electrons. The van der Waals surface area contributed by atoms with Gasteiger partial charge in [-0.2, -0.15) is 0 Å². The van der Waals surface area contributed by atoms with Gasteiger partial charge in [-0.3, -0.25) is 4.79 Å². The molecular formula is C9H10ClNO. The summed E-state index contributed by atoms with van der Waals surface area (Å²) in [6.45, 7) is 3.88. The standard InChI is InChI=1S/C9H10ClNO/c1-6-3-4-7(2)8(5-6)11-9(10)12/h3-5H,1-2H3,(H,11,12). The Kier molecular flexibility index (Phi) is 2.71. The molecule has 0 aliphatic carbocycles. The Morgan fingerprint density at radius 3 is 2.67 bits per heavy atom. The number of benzene rings is 1. The Balaban J connectivity index is 2.97. The van der Waals surface area contributed by atoms with Gasteiger partial charge in [-0.1, -0.05) is 12.1 Å². The van der Waals surface area contributed by atoms with Gasteiger partial charge in [0, 0.05) is 5.69 Å². The lowest BCUT2D eigenvalue weighted by Gasteiger charge is -2.05. The van der Waals surface area contributed by atoms with Gasteiger partial charge in [-0.25, -0.2) is 0 Å². The summed E-state index contributed by atoms with van der Waals surface area (Å²) < 4.78 is 0. The van der Waals surface area contributed by atoms with Crippen LogP contribution in [0.15, 0.2) is 18.2 Å². The summed E-state index contributed by atoms with van der Waals surface area (Å²) in [5.74, 6) is 0. The van der Waals surface area contributed by atoms with E-state index in [1.54, 1.807) is 0 Å². The summed E-state index contributed by atoms with van der Waals surface area (Å²) in [5, 5.41) is 1.99. The number of rotatable bonds is 1. The second-order valence-electron chi connectivity index (χ2n) is 2.72. The zero-order chi connectivity index (χ0) is 9.14. The first-order valence-electron chi connectivity index (χ1n) is 3.63. The van der Waals surface area contributed by atoms with Crippen molar-refractivity contribution in [3.8, 4) is 0 Å². The van der Waals surface area contributed by atoms with Crippen LogP contribution in [0, 0.1) is 13.8 Å². The Labute approximate surface area is 76.5 Å². The van der Waals surface area contributed by atoms with Gasteiger partial charge in [0.05, 0.1) is 0 Å². The SMILES string of the molecule is Cc1ccc(C)c(NC(=O)Cl)c1. The lowest BCUT2D eigenvalue weighted by Crippen LogP contribution is -2.02. The molecule has 0 spiro atoms. The molecular weight excluding hydrogens is 174 g/mol. The van der Waals surface area contributed by atoms with Crippen LogP contribution >= 0.6 is 11.6 Å². The highest BCUT2D eigenvalue weighted by Crippen LogP contribution is 2.16. The average molecular weight is 184 g/mol. The minimum absolute atomic E-state index is 0.552. The third kappa shape index (κ3) is 2.24. The molecule has 1 amide bonds. The van der Waals surface area contributed by atoms with Crippen molar-refractivity contribution in [2.45, 2.75) is 13.8 Å². The van der Waals surface area contributed by atoms with E-state index in [0.29, 0.717) is 0 Å². The highest BCUT2D eigenvalue weighted by atomic mass is 35.5. The van der Waals surface area contributed by atoms with E-state index in [-0.39, 0.29) is 0 Å². The molecule has 3 heteroatoms. The molecule has 0 bridgehead atoms. The molecule has 0 aromatic heterocycles. The molecule has 0 aliphatic heterocycles. The summed E-state index contributed by atoms with van der Waals surface area (Å²) in [6.07, 6.45) is 0. The Morgan fingerprint density at radius 2 is 2.08 bits per heavy atom. The van der Waals surface area contributed by atoms with Crippen LogP contribution in [-0.2, 0) is 0 Å². The van der Waals surface area contributed by atoms with Crippen molar-refractivity contribution in [2.24, 2.45) is 0 Å². The topological polar surface area (TPSA) is 29.1 Å². The quantitative estimate of drug-likeness (QED) is 0.526. The van der Waals surface area contributed by atoms with Crippen LogP contribution in [0.2, 0.25) is 0 Å². The number of hydrogen-bond acceptors (Lipinski definition) is 1. The molecule has 1 aromatic carbocycles. The largest absolute Gasteiger partial charge is 0.318 e. The van der Waals surface area contributed by atoms with Crippen LogP contribution in [0.5, 0.6) is 0 Å². The zero-order valence-corrected chi connectivity index (χ0v) is 7.77. The lowest BCUT2D eigenvalue weighted by atomic mass is 10.1. The summed E-state index contributed by atoms with van der Waals surface area (Å²) in [7, 11) is 0. The number of carbonyl (C=O) groups is 1. The molecule has 2 nitrogen and oxygen atoms in total. The number of nitrogens with one attached hydrogen (secondary N) is 1. The Hall–Kier alpha value is -1.02. The number of amides is 1. The van der Waals surface area contributed by atoms with Gasteiger partial charge in [0.2, 0.25) is 0 Å². The molecule has 0 saturated heterocycles. The van der Waals surface area contributed by atoms with Crippen molar-refractivity contribution < 1.29 is 4.79 Å². The summed E-state index contributed by atoms with van der Waals surface area (Å²) in [5.41, 5.74) is 2.88. The minimum atomic E-state index is -0.552. The van der Waals surface area contributed by atoms with E-state index in [1.165, 1.54) is 0 Å². The maximum absolute atomic E-state index is 10.5. The predicted molar refractivity (Wildman–Crippen MR) is 50.8 cm³/mol. The van der Waals surface area contributed by atoms with E-state index in [1.807, 2.05) is 32.0 Å². The van der Waals surface area contributed by atoms with Crippen molar-refractivity contribution >= 4 is 22.7 Å². The molecule has 0 fully saturated rings. The van der Waals surface area contributed by atoms with Crippen LogP contribution in [-0.4, -0.2) is 5.37 Å². The van der Waals surface area contributed by atoms with Gasteiger partial charge in [-0.15, -0.1) is 0 Å². The predicted octanol–water partition coefficient (Wildman–Crippen LogP) is 3.07. The zero-order valence-electron chi connectivity index (χ0n) is 7.02. The van der Waals surface area contributed by atoms with Gasteiger partial charge in [0.15, 0.2) is 0 Å². The first-order valence-corrected chi connectivity index (χ1v) is 4.01. The van der Waals surface area contributed by atoms with Gasteiger partial charge < -0.3 is 5.32 Å². The van der Waals surface area contributed by atoms with Crippen molar-refractivity contribution in [1.29, 1.82) is 0 Å². The summed E-state index contributed by atoms with van der Waals surface area (Å²) in [6, 6.07) is 5.81. The van der Waals surface area contributed by atoms with Gasteiger partial charge in [-0.05, 0) is 42.6 Å². The Bertz CT molecular complexity index is 309. The lowest BCUT2D eigenvalue weighted by molar-refractivity contribution is 0.269. The molecule has 1 rings (SSSR count). The van der Waals surface area contributed by atoms with Gasteiger partial charge in [0.25, 0.3) is 0 Å². The maximum atomic E-state index is 10.5. The van der Waals surface area contributed by atoms with E-state index in [4.69, 9.17) is 11.6 Å². The molecule has 12 heavy (non-hydrogen) atoms.